The Labute approximate surface area is 92.3 Å². The number of aromatic amines is 1. The van der Waals surface area contributed by atoms with E-state index in [1.54, 1.807) is 6.21 Å². The molecule has 1 heterocycles. The van der Waals surface area contributed by atoms with Gasteiger partial charge in [0.1, 0.15) is 6.33 Å². The van der Waals surface area contributed by atoms with Gasteiger partial charge in [-0.05, 0) is 24.7 Å². The van der Waals surface area contributed by atoms with Gasteiger partial charge < -0.3 is 0 Å². The fraction of sp³-hybridized carbons (Fsp3) is 0.100. The standard InChI is InChI=1S/C10H10N4S/c1-8-3-2-4-9(5-8)6-12-14-7-11-13-10(14)15/h2-7H,1H3,(H,13,15)/b12-6+. The van der Waals surface area contributed by atoms with E-state index in [-0.39, 0.29) is 0 Å². The zero-order valence-corrected chi connectivity index (χ0v) is 9.03. The molecule has 0 aliphatic rings. The van der Waals surface area contributed by atoms with Crippen LogP contribution in [0, 0.1) is 11.7 Å². The number of rotatable bonds is 2. The lowest BCUT2D eigenvalue weighted by molar-refractivity contribution is 0.863. The van der Waals surface area contributed by atoms with Crippen molar-refractivity contribution in [3.05, 3.63) is 46.5 Å². The maximum Gasteiger partial charge on any atom is 0.216 e. The van der Waals surface area contributed by atoms with Crippen LogP contribution in [-0.4, -0.2) is 21.1 Å². The SMILES string of the molecule is Cc1cccc(/C=N/n2cn[nH]c2=S)c1. The van der Waals surface area contributed by atoms with Gasteiger partial charge in [-0.25, -0.2) is 0 Å². The maximum atomic E-state index is 4.96. The minimum absolute atomic E-state index is 0.485. The molecule has 0 atom stereocenters. The number of aryl methyl sites for hydroxylation is 1. The molecule has 0 amide bonds. The zero-order valence-electron chi connectivity index (χ0n) is 8.21. The van der Waals surface area contributed by atoms with Crippen molar-refractivity contribution in [2.45, 2.75) is 6.92 Å². The molecular formula is C10H10N4S. The van der Waals surface area contributed by atoms with Crippen LogP contribution in [0.2, 0.25) is 0 Å². The lowest BCUT2D eigenvalue weighted by Gasteiger charge is -1.94. The van der Waals surface area contributed by atoms with Crippen LogP contribution in [0.3, 0.4) is 0 Å². The van der Waals surface area contributed by atoms with Crippen molar-refractivity contribution in [1.82, 2.24) is 14.9 Å². The van der Waals surface area contributed by atoms with E-state index in [2.05, 4.69) is 15.3 Å². The molecule has 4 nitrogen and oxygen atoms in total. The normalized spacial score (nSPS) is 11.0. The Kier molecular flexibility index (Phi) is 2.73. The molecule has 0 fully saturated rings. The van der Waals surface area contributed by atoms with Gasteiger partial charge in [0.15, 0.2) is 0 Å². The summed E-state index contributed by atoms with van der Waals surface area (Å²) in [6, 6.07) is 8.07. The van der Waals surface area contributed by atoms with Crippen molar-refractivity contribution in [2.75, 3.05) is 0 Å². The van der Waals surface area contributed by atoms with Crippen molar-refractivity contribution < 1.29 is 0 Å². The molecule has 0 radical (unpaired) electrons. The largest absolute Gasteiger partial charge is 0.250 e. The number of aromatic nitrogens is 3. The second-order valence-corrected chi connectivity index (χ2v) is 3.55. The monoisotopic (exact) mass is 218 g/mol. The Balaban J connectivity index is 2.26. The summed E-state index contributed by atoms with van der Waals surface area (Å²) in [4.78, 5) is 0. The number of nitrogens with zero attached hydrogens (tertiary/aromatic N) is 3. The minimum atomic E-state index is 0.485. The highest BCUT2D eigenvalue weighted by molar-refractivity contribution is 7.71. The van der Waals surface area contributed by atoms with E-state index >= 15 is 0 Å². The molecule has 1 aromatic carbocycles. The first-order valence-electron chi connectivity index (χ1n) is 4.49. The number of nitrogens with one attached hydrogen (secondary N) is 1. The first-order chi connectivity index (χ1) is 7.25. The summed E-state index contributed by atoms with van der Waals surface area (Å²) in [5.74, 6) is 0. The van der Waals surface area contributed by atoms with E-state index in [9.17, 15) is 0 Å². The molecule has 0 aliphatic carbocycles. The van der Waals surface area contributed by atoms with E-state index < -0.39 is 0 Å². The molecule has 1 N–H and O–H groups in total. The summed E-state index contributed by atoms with van der Waals surface area (Å²) in [5, 5.41) is 10.6. The Bertz CT molecular complexity index is 538. The van der Waals surface area contributed by atoms with Crippen molar-refractivity contribution in [3.63, 3.8) is 0 Å². The van der Waals surface area contributed by atoms with Crippen LogP contribution in [0.1, 0.15) is 11.1 Å². The average molecular weight is 218 g/mol. The second-order valence-electron chi connectivity index (χ2n) is 3.16. The van der Waals surface area contributed by atoms with Gasteiger partial charge in [0.05, 0.1) is 6.21 Å². The van der Waals surface area contributed by atoms with Gasteiger partial charge in [0, 0.05) is 0 Å². The molecule has 0 unspecified atom stereocenters. The summed E-state index contributed by atoms with van der Waals surface area (Å²) in [6.45, 7) is 2.04. The third kappa shape index (κ3) is 2.38. The number of benzene rings is 1. The molecule has 0 bridgehead atoms. The van der Waals surface area contributed by atoms with E-state index in [0.717, 1.165) is 5.56 Å². The van der Waals surface area contributed by atoms with Gasteiger partial charge in [0.25, 0.3) is 0 Å². The smallest absolute Gasteiger partial charge is 0.216 e. The number of H-pyrrole nitrogens is 1. The summed E-state index contributed by atoms with van der Waals surface area (Å²) < 4.78 is 2.00. The number of hydrogen-bond donors (Lipinski definition) is 1. The molecule has 5 heteroatoms. The van der Waals surface area contributed by atoms with Crippen LogP contribution in [-0.2, 0) is 0 Å². The molecular weight excluding hydrogens is 208 g/mol. The Morgan fingerprint density at radius 3 is 3.07 bits per heavy atom. The first kappa shape index (κ1) is 9.79. The molecule has 2 rings (SSSR count). The quantitative estimate of drug-likeness (QED) is 0.620. The predicted molar refractivity (Wildman–Crippen MR) is 61.6 cm³/mol. The van der Waals surface area contributed by atoms with Crippen LogP contribution in [0.5, 0.6) is 0 Å². The molecule has 0 saturated carbocycles. The average Bonchev–Trinajstić information content (AvgIpc) is 2.61. The van der Waals surface area contributed by atoms with Crippen LogP contribution in [0.25, 0.3) is 0 Å². The fourth-order valence-corrected chi connectivity index (χ4v) is 1.35. The molecule has 76 valence electrons. The van der Waals surface area contributed by atoms with Crippen LogP contribution in [0.15, 0.2) is 35.7 Å². The Morgan fingerprint density at radius 2 is 2.40 bits per heavy atom. The summed E-state index contributed by atoms with van der Waals surface area (Å²) >= 11 is 4.96. The lowest BCUT2D eigenvalue weighted by atomic mass is 10.2. The van der Waals surface area contributed by atoms with Crippen molar-refractivity contribution >= 4 is 18.4 Å². The van der Waals surface area contributed by atoms with Gasteiger partial charge >= 0.3 is 0 Å². The van der Waals surface area contributed by atoms with Gasteiger partial charge in [0.2, 0.25) is 4.77 Å². The molecule has 0 spiro atoms. The van der Waals surface area contributed by atoms with Crippen LogP contribution >= 0.6 is 12.2 Å². The Morgan fingerprint density at radius 1 is 1.53 bits per heavy atom. The maximum absolute atomic E-state index is 4.96. The molecule has 15 heavy (non-hydrogen) atoms. The zero-order chi connectivity index (χ0) is 10.7. The highest BCUT2D eigenvalue weighted by Gasteiger charge is 1.90. The molecule has 1 aromatic heterocycles. The highest BCUT2D eigenvalue weighted by atomic mass is 32.1. The van der Waals surface area contributed by atoms with Gasteiger partial charge in [-0.2, -0.15) is 14.9 Å². The van der Waals surface area contributed by atoms with E-state index in [1.807, 2.05) is 31.2 Å². The van der Waals surface area contributed by atoms with Crippen LogP contribution < -0.4 is 0 Å². The molecule has 0 saturated heterocycles. The van der Waals surface area contributed by atoms with Gasteiger partial charge in [-0.15, -0.1) is 0 Å². The van der Waals surface area contributed by atoms with Crippen molar-refractivity contribution in [2.24, 2.45) is 5.10 Å². The van der Waals surface area contributed by atoms with E-state index in [4.69, 9.17) is 12.2 Å². The number of hydrogen-bond acceptors (Lipinski definition) is 3. The van der Waals surface area contributed by atoms with Gasteiger partial charge in [-0.1, -0.05) is 29.8 Å². The summed E-state index contributed by atoms with van der Waals surface area (Å²) in [5.41, 5.74) is 2.24. The summed E-state index contributed by atoms with van der Waals surface area (Å²) in [6.07, 6.45) is 3.28. The lowest BCUT2D eigenvalue weighted by Crippen LogP contribution is -1.89. The topological polar surface area (TPSA) is 46.0 Å². The molecule has 2 aromatic rings. The third-order valence-corrected chi connectivity index (χ3v) is 2.19. The van der Waals surface area contributed by atoms with Gasteiger partial charge in [-0.3, -0.25) is 5.10 Å². The van der Waals surface area contributed by atoms with E-state index in [1.165, 1.54) is 16.6 Å². The molecule has 0 aliphatic heterocycles. The first-order valence-corrected chi connectivity index (χ1v) is 4.89. The Hall–Kier alpha value is -1.75. The summed E-state index contributed by atoms with van der Waals surface area (Å²) in [7, 11) is 0. The van der Waals surface area contributed by atoms with Crippen molar-refractivity contribution in [1.29, 1.82) is 0 Å². The predicted octanol–water partition coefficient (Wildman–Crippen LogP) is 2.13. The highest BCUT2D eigenvalue weighted by Crippen LogP contribution is 2.01. The minimum Gasteiger partial charge on any atom is -0.250 e. The van der Waals surface area contributed by atoms with Crippen molar-refractivity contribution in [3.8, 4) is 0 Å². The van der Waals surface area contributed by atoms with Crippen LogP contribution in [0.4, 0.5) is 0 Å². The third-order valence-electron chi connectivity index (χ3n) is 1.91. The van der Waals surface area contributed by atoms with E-state index in [0.29, 0.717) is 4.77 Å². The second kappa shape index (κ2) is 4.18. The fourth-order valence-electron chi connectivity index (χ4n) is 1.20.